The number of carbonyl (C=O) groups is 1. The van der Waals surface area contributed by atoms with Gasteiger partial charge in [-0.25, -0.2) is 4.98 Å². The zero-order valence-electron chi connectivity index (χ0n) is 9.60. The molecular formula is C12H17N3O2. The lowest BCUT2D eigenvalue weighted by Gasteiger charge is -2.28. The second kappa shape index (κ2) is 5.14. The van der Waals surface area contributed by atoms with Crippen LogP contribution in [0.4, 0.5) is 5.82 Å². The van der Waals surface area contributed by atoms with Gasteiger partial charge in [-0.2, -0.15) is 0 Å². The van der Waals surface area contributed by atoms with Crippen LogP contribution in [0.5, 0.6) is 0 Å². The van der Waals surface area contributed by atoms with E-state index < -0.39 is 5.91 Å². The van der Waals surface area contributed by atoms with Gasteiger partial charge in [0.1, 0.15) is 5.82 Å². The number of rotatable bonds is 3. The number of carbonyl (C=O) groups excluding carboxylic acids is 1. The molecule has 1 aliphatic carbocycles. The number of hydrogen-bond donors (Lipinski definition) is 3. The van der Waals surface area contributed by atoms with Crippen LogP contribution >= 0.6 is 0 Å². The van der Waals surface area contributed by atoms with Crippen LogP contribution in [0.15, 0.2) is 18.3 Å². The molecule has 17 heavy (non-hydrogen) atoms. The molecule has 0 radical (unpaired) electrons. The number of aromatic nitrogens is 1. The quantitative estimate of drug-likeness (QED) is 0.726. The molecule has 1 amide bonds. The molecule has 2 unspecified atom stereocenters. The number of nitrogens with two attached hydrogens (primary N) is 1. The van der Waals surface area contributed by atoms with Crippen molar-refractivity contribution in [3.63, 3.8) is 0 Å². The molecule has 1 aromatic heterocycles. The molecule has 1 heterocycles. The van der Waals surface area contributed by atoms with E-state index in [1.54, 1.807) is 12.1 Å². The second-order valence-corrected chi connectivity index (χ2v) is 4.40. The van der Waals surface area contributed by atoms with Gasteiger partial charge < -0.3 is 16.2 Å². The molecule has 1 fully saturated rings. The Kier molecular flexibility index (Phi) is 3.58. The fourth-order valence-corrected chi connectivity index (χ4v) is 2.09. The van der Waals surface area contributed by atoms with Crippen LogP contribution in [0.2, 0.25) is 0 Å². The fraction of sp³-hybridized carbons (Fsp3) is 0.500. The third-order valence-electron chi connectivity index (χ3n) is 3.11. The van der Waals surface area contributed by atoms with Crippen molar-refractivity contribution in [1.29, 1.82) is 0 Å². The Morgan fingerprint density at radius 1 is 1.41 bits per heavy atom. The van der Waals surface area contributed by atoms with Crippen molar-refractivity contribution in [3.05, 3.63) is 23.9 Å². The predicted octanol–water partition coefficient (Wildman–Crippen LogP) is 0.896. The van der Waals surface area contributed by atoms with Gasteiger partial charge in [0.25, 0.3) is 0 Å². The van der Waals surface area contributed by atoms with E-state index in [1.165, 1.54) is 6.20 Å². The van der Waals surface area contributed by atoms with Crippen molar-refractivity contribution in [2.24, 2.45) is 5.73 Å². The predicted molar refractivity (Wildman–Crippen MR) is 64.6 cm³/mol. The van der Waals surface area contributed by atoms with Crippen LogP contribution in [0.3, 0.4) is 0 Å². The maximum absolute atomic E-state index is 10.9. The SMILES string of the molecule is NC(=O)c1ccc(NC2CCCCC2O)nc1. The molecule has 1 aliphatic rings. The minimum atomic E-state index is -0.484. The average molecular weight is 235 g/mol. The van der Waals surface area contributed by atoms with E-state index in [4.69, 9.17) is 5.73 Å². The van der Waals surface area contributed by atoms with Crippen LogP contribution in [-0.2, 0) is 0 Å². The summed E-state index contributed by atoms with van der Waals surface area (Å²) in [4.78, 5) is 15.0. The summed E-state index contributed by atoms with van der Waals surface area (Å²) in [5.41, 5.74) is 5.52. The molecule has 5 nitrogen and oxygen atoms in total. The molecule has 4 N–H and O–H groups in total. The van der Waals surface area contributed by atoms with Gasteiger partial charge in [0.2, 0.25) is 5.91 Å². The zero-order valence-corrected chi connectivity index (χ0v) is 9.60. The van der Waals surface area contributed by atoms with Gasteiger partial charge in [0.15, 0.2) is 0 Å². The first-order valence-electron chi connectivity index (χ1n) is 5.87. The lowest BCUT2D eigenvalue weighted by atomic mass is 9.92. The highest BCUT2D eigenvalue weighted by atomic mass is 16.3. The molecule has 1 saturated carbocycles. The first kappa shape index (κ1) is 11.9. The zero-order chi connectivity index (χ0) is 12.3. The highest BCUT2D eigenvalue weighted by molar-refractivity contribution is 5.92. The van der Waals surface area contributed by atoms with E-state index in [9.17, 15) is 9.90 Å². The maximum Gasteiger partial charge on any atom is 0.250 e. The Balaban J connectivity index is 2.00. The summed E-state index contributed by atoms with van der Waals surface area (Å²) in [7, 11) is 0. The Morgan fingerprint density at radius 2 is 2.18 bits per heavy atom. The van der Waals surface area contributed by atoms with Crippen molar-refractivity contribution in [2.75, 3.05) is 5.32 Å². The van der Waals surface area contributed by atoms with E-state index >= 15 is 0 Å². The summed E-state index contributed by atoms with van der Waals surface area (Å²) in [6, 6.07) is 3.39. The van der Waals surface area contributed by atoms with Crippen LogP contribution in [0.1, 0.15) is 36.0 Å². The number of aliphatic hydroxyl groups excluding tert-OH is 1. The van der Waals surface area contributed by atoms with E-state index in [-0.39, 0.29) is 12.1 Å². The fourth-order valence-electron chi connectivity index (χ4n) is 2.09. The van der Waals surface area contributed by atoms with Gasteiger partial charge >= 0.3 is 0 Å². The lowest BCUT2D eigenvalue weighted by molar-refractivity contribution is 0.0999. The topological polar surface area (TPSA) is 88.2 Å². The molecule has 5 heteroatoms. The van der Waals surface area contributed by atoms with Crippen molar-refractivity contribution >= 4 is 11.7 Å². The number of hydrogen-bond acceptors (Lipinski definition) is 4. The Bertz CT molecular complexity index is 391. The van der Waals surface area contributed by atoms with Crippen LogP contribution in [0, 0.1) is 0 Å². The number of aliphatic hydroxyl groups is 1. The van der Waals surface area contributed by atoms with Crippen molar-refractivity contribution < 1.29 is 9.90 Å². The summed E-state index contributed by atoms with van der Waals surface area (Å²) in [5.74, 6) is 0.183. The number of primary amides is 1. The minimum Gasteiger partial charge on any atom is -0.391 e. The van der Waals surface area contributed by atoms with E-state index in [1.807, 2.05) is 0 Å². The smallest absolute Gasteiger partial charge is 0.250 e. The third kappa shape index (κ3) is 2.94. The van der Waals surface area contributed by atoms with Gasteiger partial charge in [0, 0.05) is 6.20 Å². The van der Waals surface area contributed by atoms with Crippen LogP contribution < -0.4 is 11.1 Å². The van der Waals surface area contributed by atoms with Gasteiger partial charge in [-0.15, -0.1) is 0 Å². The average Bonchev–Trinajstić information content (AvgIpc) is 2.33. The largest absolute Gasteiger partial charge is 0.391 e. The van der Waals surface area contributed by atoms with Crippen molar-refractivity contribution in [2.45, 2.75) is 37.8 Å². The summed E-state index contributed by atoms with van der Waals surface area (Å²) in [6.45, 7) is 0. The normalized spacial score (nSPS) is 24.3. The monoisotopic (exact) mass is 235 g/mol. The molecule has 0 aromatic carbocycles. The summed E-state index contributed by atoms with van der Waals surface area (Å²) < 4.78 is 0. The standard InChI is InChI=1S/C12H17N3O2/c13-12(17)8-5-6-11(14-7-8)15-9-3-1-2-4-10(9)16/h5-7,9-10,16H,1-4H2,(H2,13,17)(H,14,15). The van der Waals surface area contributed by atoms with Gasteiger partial charge in [0.05, 0.1) is 17.7 Å². The first-order chi connectivity index (χ1) is 8.16. The Morgan fingerprint density at radius 3 is 2.76 bits per heavy atom. The molecule has 0 bridgehead atoms. The van der Waals surface area contributed by atoms with Gasteiger partial charge in [-0.1, -0.05) is 12.8 Å². The summed E-state index contributed by atoms with van der Waals surface area (Å²) in [5, 5.41) is 13.0. The molecule has 0 saturated heterocycles. The number of pyridine rings is 1. The molecule has 1 aromatic rings. The molecule has 92 valence electrons. The van der Waals surface area contributed by atoms with Crippen molar-refractivity contribution in [1.82, 2.24) is 4.98 Å². The number of nitrogens with zero attached hydrogens (tertiary/aromatic N) is 1. The molecule has 2 atom stereocenters. The van der Waals surface area contributed by atoms with E-state index in [0.29, 0.717) is 11.4 Å². The minimum absolute atomic E-state index is 0.0516. The number of anilines is 1. The van der Waals surface area contributed by atoms with Crippen molar-refractivity contribution in [3.8, 4) is 0 Å². The highest BCUT2D eigenvalue weighted by Crippen LogP contribution is 2.21. The lowest BCUT2D eigenvalue weighted by Crippen LogP contribution is -2.36. The van der Waals surface area contributed by atoms with Crippen LogP contribution in [-0.4, -0.2) is 28.1 Å². The summed E-state index contributed by atoms with van der Waals surface area (Å²) in [6.07, 6.45) is 5.10. The molecule has 0 spiro atoms. The Hall–Kier alpha value is -1.62. The first-order valence-corrected chi connectivity index (χ1v) is 5.87. The highest BCUT2D eigenvalue weighted by Gasteiger charge is 2.22. The summed E-state index contributed by atoms with van der Waals surface area (Å²) >= 11 is 0. The Labute approximate surface area is 100 Å². The second-order valence-electron chi connectivity index (χ2n) is 4.40. The van der Waals surface area contributed by atoms with Gasteiger partial charge in [-0.05, 0) is 25.0 Å². The maximum atomic E-state index is 10.9. The van der Waals surface area contributed by atoms with E-state index in [2.05, 4.69) is 10.3 Å². The molecular weight excluding hydrogens is 218 g/mol. The number of nitrogens with one attached hydrogen (secondary N) is 1. The third-order valence-corrected chi connectivity index (χ3v) is 3.11. The van der Waals surface area contributed by atoms with Crippen LogP contribution in [0.25, 0.3) is 0 Å². The number of amides is 1. The molecule has 2 rings (SSSR count). The molecule has 0 aliphatic heterocycles. The van der Waals surface area contributed by atoms with Gasteiger partial charge in [-0.3, -0.25) is 4.79 Å². The van der Waals surface area contributed by atoms with E-state index in [0.717, 1.165) is 25.7 Å².